The topological polar surface area (TPSA) is 15.3 Å². The van der Waals surface area contributed by atoms with Crippen LogP contribution in [0.3, 0.4) is 0 Å². The van der Waals surface area contributed by atoms with Crippen molar-refractivity contribution in [3.05, 3.63) is 35.4 Å². The first-order valence-electron chi connectivity index (χ1n) is 8.31. The molecule has 1 saturated heterocycles. The van der Waals surface area contributed by atoms with Crippen LogP contribution in [-0.4, -0.2) is 36.6 Å². The van der Waals surface area contributed by atoms with Crippen LogP contribution in [0.15, 0.2) is 24.3 Å². The van der Waals surface area contributed by atoms with Crippen molar-refractivity contribution in [3.8, 4) is 0 Å². The summed E-state index contributed by atoms with van der Waals surface area (Å²) in [7, 11) is 0. The van der Waals surface area contributed by atoms with Crippen LogP contribution in [0.4, 0.5) is 0 Å². The van der Waals surface area contributed by atoms with Gasteiger partial charge in [0.2, 0.25) is 0 Å². The molecule has 1 fully saturated rings. The highest BCUT2D eigenvalue weighted by Gasteiger charge is 2.33. The highest BCUT2D eigenvalue weighted by Crippen LogP contribution is 2.36. The van der Waals surface area contributed by atoms with Gasteiger partial charge in [-0.1, -0.05) is 38.1 Å². The number of fused-ring (bicyclic) bond motifs is 1. The fourth-order valence-electron chi connectivity index (χ4n) is 3.94. The molecule has 1 aliphatic carbocycles. The summed E-state index contributed by atoms with van der Waals surface area (Å²) in [6.45, 7) is 9.57. The smallest absolute Gasteiger partial charge is 0.0303 e. The van der Waals surface area contributed by atoms with E-state index in [0.29, 0.717) is 5.54 Å². The van der Waals surface area contributed by atoms with Crippen LogP contribution in [0, 0.1) is 0 Å². The predicted molar refractivity (Wildman–Crippen MR) is 85.3 cm³/mol. The second-order valence-corrected chi connectivity index (χ2v) is 6.60. The van der Waals surface area contributed by atoms with Gasteiger partial charge in [-0.2, -0.15) is 0 Å². The van der Waals surface area contributed by atoms with Crippen molar-refractivity contribution < 1.29 is 0 Å². The second kappa shape index (κ2) is 5.87. The molecule has 1 N–H and O–H groups in total. The molecule has 0 amide bonds. The van der Waals surface area contributed by atoms with Crippen LogP contribution in [0.25, 0.3) is 0 Å². The molecule has 1 aromatic rings. The van der Waals surface area contributed by atoms with Gasteiger partial charge in [0.05, 0.1) is 0 Å². The molecular weight excluding hydrogens is 244 g/mol. The molecule has 0 spiro atoms. The summed E-state index contributed by atoms with van der Waals surface area (Å²) < 4.78 is 0. The average molecular weight is 272 g/mol. The van der Waals surface area contributed by atoms with Gasteiger partial charge < -0.3 is 10.2 Å². The summed E-state index contributed by atoms with van der Waals surface area (Å²) in [5.74, 6) is 0.774. The molecule has 0 radical (unpaired) electrons. The predicted octanol–water partition coefficient (Wildman–Crippen LogP) is 3.18. The zero-order valence-electron chi connectivity index (χ0n) is 13.0. The fraction of sp³-hybridized carbons (Fsp3) is 0.667. The van der Waals surface area contributed by atoms with Crippen molar-refractivity contribution in [2.45, 2.75) is 51.0 Å². The molecule has 1 heterocycles. The number of rotatable bonds is 4. The minimum absolute atomic E-state index is 0.347. The lowest BCUT2D eigenvalue weighted by Gasteiger charge is -2.39. The van der Waals surface area contributed by atoms with Crippen molar-refractivity contribution >= 4 is 0 Å². The molecule has 3 rings (SSSR count). The molecule has 0 aromatic heterocycles. The second-order valence-electron chi connectivity index (χ2n) is 6.60. The number of hydrogen-bond donors (Lipinski definition) is 1. The molecule has 20 heavy (non-hydrogen) atoms. The van der Waals surface area contributed by atoms with E-state index >= 15 is 0 Å². The molecule has 0 bridgehead atoms. The van der Waals surface area contributed by atoms with Gasteiger partial charge in [-0.3, -0.25) is 0 Å². The van der Waals surface area contributed by atoms with E-state index in [9.17, 15) is 0 Å². The number of hydrogen-bond acceptors (Lipinski definition) is 2. The first-order chi connectivity index (χ1) is 9.76. The standard InChI is InChI=1S/C18H28N2/c1-3-18(4-2)14-20(11-7-10-19-18)13-16-12-15-8-5-6-9-17(15)16/h5-6,8-9,16,19H,3-4,7,10-14H2,1-2H3. The van der Waals surface area contributed by atoms with E-state index in [1.807, 2.05) is 0 Å². The normalized spacial score (nSPS) is 25.6. The van der Waals surface area contributed by atoms with Gasteiger partial charge in [-0.25, -0.2) is 0 Å². The number of nitrogens with one attached hydrogen (secondary N) is 1. The zero-order valence-corrected chi connectivity index (χ0v) is 13.0. The Morgan fingerprint density at radius 3 is 2.80 bits per heavy atom. The molecule has 110 valence electrons. The van der Waals surface area contributed by atoms with Gasteiger partial charge >= 0.3 is 0 Å². The summed E-state index contributed by atoms with van der Waals surface area (Å²) >= 11 is 0. The van der Waals surface area contributed by atoms with Gasteiger partial charge in [0.15, 0.2) is 0 Å². The Morgan fingerprint density at radius 2 is 2.05 bits per heavy atom. The van der Waals surface area contributed by atoms with Crippen molar-refractivity contribution in [2.75, 3.05) is 26.2 Å². The maximum atomic E-state index is 3.81. The minimum atomic E-state index is 0.347. The number of benzene rings is 1. The van der Waals surface area contributed by atoms with E-state index < -0.39 is 0 Å². The molecule has 1 atom stereocenters. The lowest BCUT2D eigenvalue weighted by molar-refractivity contribution is 0.184. The molecule has 1 unspecified atom stereocenters. The first-order valence-corrected chi connectivity index (χ1v) is 8.31. The Labute approximate surface area is 123 Å². The third-order valence-electron chi connectivity index (χ3n) is 5.47. The van der Waals surface area contributed by atoms with Crippen LogP contribution in [-0.2, 0) is 6.42 Å². The summed E-state index contributed by atoms with van der Waals surface area (Å²) in [6, 6.07) is 8.98. The highest BCUT2D eigenvalue weighted by molar-refractivity contribution is 5.40. The largest absolute Gasteiger partial charge is 0.310 e. The van der Waals surface area contributed by atoms with Crippen molar-refractivity contribution in [1.82, 2.24) is 10.2 Å². The molecule has 2 aliphatic rings. The highest BCUT2D eigenvalue weighted by atomic mass is 15.2. The third kappa shape index (κ3) is 2.64. The van der Waals surface area contributed by atoms with Crippen LogP contribution < -0.4 is 5.32 Å². The molecule has 2 heteroatoms. The SMILES string of the molecule is CCC1(CC)CN(CC2Cc3ccccc32)CCCN1. The Balaban J connectivity index is 1.65. The lowest BCUT2D eigenvalue weighted by atomic mass is 9.77. The van der Waals surface area contributed by atoms with E-state index in [1.165, 1.54) is 51.9 Å². The Bertz CT molecular complexity index is 450. The lowest BCUT2D eigenvalue weighted by Crippen LogP contribution is -2.51. The van der Waals surface area contributed by atoms with E-state index in [-0.39, 0.29) is 0 Å². The first kappa shape index (κ1) is 14.1. The van der Waals surface area contributed by atoms with Gasteiger partial charge in [-0.15, -0.1) is 0 Å². The molecule has 2 nitrogen and oxygen atoms in total. The van der Waals surface area contributed by atoms with Crippen LogP contribution in [0.2, 0.25) is 0 Å². The average Bonchev–Trinajstić information content (AvgIpc) is 2.68. The van der Waals surface area contributed by atoms with E-state index in [1.54, 1.807) is 11.1 Å². The third-order valence-corrected chi connectivity index (χ3v) is 5.47. The monoisotopic (exact) mass is 272 g/mol. The summed E-state index contributed by atoms with van der Waals surface area (Å²) in [5.41, 5.74) is 3.52. The van der Waals surface area contributed by atoms with Gasteiger partial charge in [0, 0.05) is 24.5 Å². The van der Waals surface area contributed by atoms with Crippen molar-refractivity contribution in [2.24, 2.45) is 0 Å². The summed E-state index contributed by atoms with van der Waals surface area (Å²) in [5, 5.41) is 3.81. The van der Waals surface area contributed by atoms with Crippen LogP contribution in [0.5, 0.6) is 0 Å². The maximum Gasteiger partial charge on any atom is 0.0303 e. The Morgan fingerprint density at radius 1 is 1.25 bits per heavy atom. The minimum Gasteiger partial charge on any atom is -0.310 e. The van der Waals surface area contributed by atoms with Gasteiger partial charge in [0.25, 0.3) is 0 Å². The summed E-state index contributed by atoms with van der Waals surface area (Å²) in [4.78, 5) is 2.72. The molecule has 0 saturated carbocycles. The number of nitrogens with zero attached hydrogens (tertiary/aromatic N) is 1. The molecular formula is C18H28N2. The van der Waals surface area contributed by atoms with E-state index in [2.05, 4.69) is 48.3 Å². The van der Waals surface area contributed by atoms with Crippen LogP contribution in [0.1, 0.15) is 50.2 Å². The van der Waals surface area contributed by atoms with Crippen molar-refractivity contribution in [1.29, 1.82) is 0 Å². The summed E-state index contributed by atoms with van der Waals surface area (Å²) in [6.07, 6.45) is 5.05. The Hall–Kier alpha value is -0.860. The zero-order chi connectivity index (χ0) is 14.0. The van der Waals surface area contributed by atoms with E-state index in [4.69, 9.17) is 0 Å². The maximum absolute atomic E-state index is 3.81. The van der Waals surface area contributed by atoms with E-state index in [0.717, 1.165) is 5.92 Å². The van der Waals surface area contributed by atoms with Crippen LogP contribution >= 0.6 is 0 Å². The van der Waals surface area contributed by atoms with Gasteiger partial charge in [0.1, 0.15) is 0 Å². The van der Waals surface area contributed by atoms with Crippen molar-refractivity contribution in [3.63, 3.8) is 0 Å². The Kier molecular flexibility index (Phi) is 4.13. The molecule has 1 aromatic carbocycles. The molecule has 1 aliphatic heterocycles. The fourth-order valence-corrected chi connectivity index (χ4v) is 3.94. The van der Waals surface area contributed by atoms with Gasteiger partial charge in [-0.05, 0) is 49.9 Å². The quantitative estimate of drug-likeness (QED) is 0.905.